The third-order valence-corrected chi connectivity index (χ3v) is 8.99. The number of esters is 2. The summed E-state index contributed by atoms with van der Waals surface area (Å²) in [7, 11) is 1.27. The molecule has 4 rings (SSSR count). The fourth-order valence-corrected chi connectivity index (χ4v) is 6.53. The van der Waals surface area contributed by atoms with E-state index in [1.54, 1.807) is 43.8 Å². The molecule has 2 aliphatic heterocycles. The third-order valence-electron chi connectivity index (χ3n) is 5.43. The van der Waals surface area contributed by atoms with Gasteiger partial charge in [-0.05, 0) is 49.4 Å². The van der Waals surface area contributed by atoms with Gasteiger partial charge in [0.1, 0.15) is 34.1 Å². The average molecular weight is 640 g/mol. The van der Waals surface area contributed by atoms with Crippen LogP contribution in [0, 0.1) is 5.41 Å². The van der Waals surface area contributed by atoms with Crippen molar-refractivity contribution in [1.29, 1.82) is 0 Å². The normalized spacial score (nSPS) is 19.1. The van der Waals surface area contributed by atoms with Crippen LogP contribution < -0.4 is 11.1 Å². The van der Waals surface area contributed by atoms with Crippen molar-refractivity contribution in [3.8, 4) is 0 Å². The van der Waals surface area contributed by atoms with Gasteiger partial charge in [0.25, 0.3) is 11.8 Å². The van der Waals surface area contributed by atoms with E-state index in [4.69, 9.17) is 20.0 Å². The lowest BCUT2D eigenvalue weighted by Gasteiger charge is -2.49. The molecule has 18 heteroatoms. The number of thioether (sulfide) groups is 2. The molecule has 0 bridgehead atoms. The highest BCUT2D eigenvalue weighted by molar-refractivity contribution is 8.03. The highest BCUT2D eigenvalue weighted by atomic mass is 32.2. The van der Waals surface area contributed by atoms with E-state index in [9.17, 15) is 19.2 Å². The van der Waals surface area contributed by atoms with Crippen LogP contribution in [-0.2, 0) is 33.5 Å². The number of thiazole rings is 1. The molecule has 0 aliphatic carbocycles. The van der Waals surface area contributed by atoms with Crippen molar-refractivity contribution in [2.75, 3.05) is 25.4 Å². The molecule has 14 nitrogen and oxygen atoms in total. The van der Waals surface area contributed by atoms with E-state index in [0.29, 0.717) is 11.3 Å². The minimum Gasteiger partial charge on any atom is -0.427 e. The number of hydrogen-bond acceptors (Lipinski definition) is 16. The summed E-state index contributed by atoms with van der Waals surface area (Å²) in [4.78, 5) is 61.7. The Labute approximate surface area is 250 Å². The standard InChI is InChI=1S/C23H25N7O7S4/c1-23(2,3)21(34)37-10-36-20(33)16-11(5-6-38-13-7-25-29-41-13)8-39-19-15(18(32)30(16)19)27-17(31)14(28-35-4)12-9-40-22(24)26-12/h5-7,9,15,19H,8,10H2,1-4H3,(H2,24,26)(H,27,31)/b6-5+,28-14?/t15-,19-/m1/s1. The number of hydrogen-bond donors (Lipinski definition) is 2. The Balaban J connectivity index is 1.52. The lowest BCUT2D eigenvalue weighted by atomic mass is 9.98. The number of oxime groups is 1. The van der Waals surface area contributed by atoms with Crippen molar-refractivity contribution in [3.63, 3.8) is 0 Å². The molecule has 3 N–H and O–H groups in total. The quantitative estimate of drug-likeness (QED) is 0.0960. The number of nitrogen functional groups attached to an aromatic ring is 1. The Morgan fingerprint density at radius 1 is 1.32 bits per heavy atom. The zero-order valence-corrected chi connectivity index (χ0v) is 25.4. The van der Waals surface area contributed by atoms with Crippen molar-refractivity contribution >= 4 is 81.0 Å². The summed E-state index contributed by atoms with van der Waals surface area (Å²) in [6, 6.07) is -0.963. The average Bonchev–Trinajstić information content (AvgIpc) is 3.61. The van der Waals surface area contributed by atoms with E-state index in [-0.39, 0.29) is 22.2 Å². The second-order valence-electron chi connectivity index (χ2n) is 9.32. The zero-order chi connectivity index (χ0) is 29.7. The predicted octanol–water partition coefficient (Wildman–Crippen LogP) is 1.98. The van der Waals surface area contributed by atoms with Crippen molar-refractivity contribution in [3.05, 3.63) is 40.0 Å². The molecular weight excluding hydrogens is 615 g/mol. The second kappa shape index (κ2) is 13.0. The van der Waals surface area contributed by atoms with Gasteiger partial charge in [-0.25, -0.2) is 9.78 Å². The number of nitrogens with one attached hydrogen (secondary N) is 1. The Morgan fingerprint density at radius 2 is 2.10 bits per heavy atom. The molecule has 1 fully saturated rings. The molecule has 4 heterocycles. The van der Waals surface area contributed by atoms with Gasteiger partial charge in [0.2, 0.25) is 6.79 Å². The first-order chi connectivity index (χ1) is 19.5. The van der Waals surface area contributed by atoms with Crippen molar-refractivity contribution in [2.24, 2.45) is 10.6 Å². The summed E-state index contributed by atoms with van der Waals surface area (Å²) >= 11 is 5.03. The summed E-state index contributed by atoms with van der Waals surface area (Å²) in [5, 5.41) is 13.1. The summed E-state index contributed by atoms with van der Waals surface area (Å²) < 4.78 is 14.9. The number of fused-ring (bicyclic) bond motifs is 1. The lowest BCUT2D eigenvalue weighted by molar-refractivity contribution is -0.173. The van der Waals surface area contributed by atoms with E-state index in [0.717, 1.165) is 15.5 Å². The summed E-state index contributed by atoms with van der Waals surface area (Å²) in [5.74, 6) is -2.30. The topological polar surface area (TPSA) is 188 Å². The van der Waals surface area contributed by atoms with Gasteiger partial charge in [-0.1, -0.05) is 21.4 Å². The van der Waals surface area contributed by atoms with Crippen LogP contribution in [-0.4, -0.2) is 80.0 Å². The fourth-order valence-electron chi connectivity index (χ4n) is 3.48. The van der Waals surface area contributed by atoms with Gasteiger partial charge in [0.05, 0.1) is 11.6 Å². The van der Waals surface area contributed by atoms with Gasteiger partial charge in [-0.3, -0.25) is 19.3 Å². The molecule has 2 amide bonds. The molecule has 0 radical (unpaired) electrons. The third kappa shape index (κ3) is 7.06. The molecule has 0 aromatic carbocycles. The molecule has 0 saturated carbocycles. The van der Waals surface area contributed by atoms with Crippen LogP contribution in [0.25, 0.3) is 0 Å². The molecule has 218 valence electrons. The molecule has 0 spiro atoms. The van der Waals surface area contributed by atoms with Gasteiger partial charge in [0, 0.05) is 11.1 Å². The maximum absolute atomic E-state index is 13.3. The van der Waals surface area contributed by atoms with Gasteiger partial charge in [-0.15, -0.1) is 28.2 Å². The largest absolute Gasteiger partial charge is 0.427 e. The molecule has 2 atom stereocenters. The monoisotopic (exact) mass is 639 g/mol. The molecule has 2 aliphatic rings. The van der Waals surface area contributed by atoms with Crippen LogP contribution in [0.15, 0.2) is 43.7 Å². The van der Waals surface area contributed by atoms with Crippen molar-refractivity contribution in [2.45, 2.75) is 36.4 Å². The van der Waals surface area contributed by atoms with Crippen LogP contribution in [0.4, 0.5) is 5.13 Å². The number of anilines is 1. The minimum atomic E-state index is -0.963. The number of amides is 2. The first-order valence-electron chi connectivity index (χ1n) is 11.8. The van der Waals surface area contributed by atoms with Gasteiger partial charge >= 0.3 is 11.9 Å². The van der Waals surface area contributed by atoms with E-state index >= 15 is 0 Å². The first-order valence-corrected chi connectivity index (χ1v) is 15.4. The van der Waals surface area contributed by atoms with Crippen molar-refractivity contribution in [1.82, 2.24) is 24.8 Å². The Kier molecular flexibility index (Phi) is 9.67. The van der Waals surface area contributed by atoms with Gasteiger partial charge in [-0.2, -0.15) is 0 Å². The number of ether oxygens (including phenoxy) is 2. The lowest BCUT2D eigenvalue weighted by Crippen LogP contribution is -2.71. The molecular formula is C23H25N7O7S4. The number of rotatable bonds is 10. The number of carbonyl (C=O) groups is 4. The number of nitrogens with zero attached hydrogens (tertiary/aromatic N) is 5. The Bertz CT molecular complexity index is 1420. The summed E-state index contributed by atoms with van der Waals surface area (Å²) in [6.07, 6.45) is 3.30. The highest BCUT2D eigenvalue weighted by Crippen LogP contribution is 2.41. The minimum absolute atomic E-state index is 0.00612. The smallest absolute Gasteiger partial charge is 0.358 e. The van der Waals surface area contributed by atoms with Gasteiger partial charge < -0.3 is 25.4 Å². The molecule has 1 saturated heterocycles. The van der Waals surface area contributed by atoms with Gasteiger partial charge in [0.15, 0.2) is 10.8 Å². The number of aromatic nitrogens is 3. The SMILES string of the molecule is CON=C(C(=O)N[C@@H]1C(=O)N2C(C(=O)OCOC(=O)C(C)(C)C)=C(/C=C/Sc3cnns3)CS[C@H]12)c1csc(N)n1. The van der Waals surface area contributed by atoms with Crippen LogP contribution >= 0.6 is 46.4 Å². The Hall–Kier alpha value is -3.48. The highest BCUT2D eigenvalue weighted by Gasteiger charge is 2.54. The number of β-lactam (4-membered cyclic amide) rings is 1. The maximum Gasteiger partial charge on any atom is 0.358 e. The molecule has 41 heavy (non-hydrogen) atoms. The Morgan fingerprint density at radius 3 is 2.73 bits per heavy atom. The van der Waals surface area contributed by atoms with E-state index in [1.165, 1.54) is 47.1 Å². The molecule has 2 aromatic rings. The summed E-state index contributed by atoms with van der Waals surface area (Å²) in [6.45, 7) is 4.38. The van der Waals surface area contributed by atoms with Crippen LogP contribution in [0.1, 0.15) is 26.5 Å². The van der Waals surface area contributed by atoms with E-state index in [2.05, 4.69) is 25.0 Å². The second-order valence-corrected chi connectivity index (χ2v) is 13.3. The molecule has 2 aromatic heterocycles. The fraction of sp³-hybridized carbons (Fsp3) is 0.391. The number of allylic oxidation sites excluding steroid dienone is 1. The van der Waals surface area contributed by atoms with Crippen LogP contribution in [0.3, 0.4) is 0 Å². The summed E-state index contributed by atoms with van der Waals surface area (Å²) in [5.41, 5.74) is 5.44. The number of nitrogens with two attached hydrogens (primary N) is 1. The van der Waals surface area contributed by atoms with E-state index in [1.807, 2.05) is 0 Å². The van der Waals surface area contributed by atoms with E-state index < -0.39 is 47.4 Å². The predicted molar refractivity (Wildman–Crippen MR) is 154 cm³/mol. The number of carbonyl (C=O) groups excluding carboxylic acids is 4. The van der Waals surface area contributed by atoms with Crippen LogP contribution in [0.5, 0.6) is 0 Å². The van der Waals surface area contributed by atoms with Crippen molar-refractivity contribution < 1.29 is 33.5 Å². The van der Waals surface area contributed by atoms with Crippen LogP contribution in [0.2, 0.25) is 0 Å². The maximum atomic E-state index is 13.3. The first kappa shape index (κ1) is 30.5. The molecule has 0 unspecified atom stereocenters. The zero-order valence-electron chi connectivity index (χ0n) is 22.2.